The molecule has 3 aromatic rings. The lowest BCUT2D eigenvalue weighted by atomic mass is 10.1. The normalized spacial score (nSPS) is 10.8. The number of nitrogens with zero attached hydrogens (tertiary/aromatic N) is 1. The minimum absolute atomic E-state index is 0.163. The number of halogens is 1. The van der Waals surface area contributed by atoms with E-state index >= 15 is 0 Å². The largest absolute Gasteiger partial charge is 0.493 e. The van der Waals surface area contributed by atoms with Crippen molar-refractivity contribution in [3.8, 4) is 11.5 Å². The lowest BCUT2D eigenvalue weighted by Crippen LogP contribution is -2.25. The molecule has 11 heteroatoms. The highest BCUT2D eigenvalue weighted by Crippen LogP contribution is 2.30. The molecular weight excluding hydrogens is 474 g/mol. The Balaban J connectivity index is 1.90. The summed E-state index contributed by atoms with van der Waals surface area (Å²) in [5.41, 5.74) is -2.20. The molecule has 0 amide bonds. The van der Waals surface area contributed by atoms with Crippen LogP contribution in [0.1, 0.15) is 21.6 Å². The summed E-state index contributed by atoms with van der Waals surface area (Å²) in [6.45, 7) is 0. The summed E-state index contributed by atoms with van der Waals surface area (Å²) in [6, 6.07) is 11.4. The average molecular weight is 488 g/mol. The van der Waals surface area contributed by atoms with Crippen molar-refractivity contribution in [3.63, 3.8) is 0 Å². The van der Waals surface area contributed by atoms with Crippen LogP contribution in [0.3, 0.4) is 0 Å². The predicted molar refractivity (Wildman–Crippen MR) is 115 cm³/mol. The summed E-state index contributed by atoms with van der Waals surface area (Å²) >= 11 is 3.29. The number of benzene rings is 2. The number of aromatic amines is 2. The zero-order valence-corrected chi connectivity index (χ0v) is 17.5. The first-order chi connectivity index (χ1) is 14.8. The Hall–Kier alpha value is -3.99. The van der Waals surface area contributed by atoms with Gasteiger partial charge in [0.05, 0.1) is 17.6 Å². The van der Waals surface area contributed by atoms with Crippen LogP contribution >= 0.6 is 15.9 Å². The average Bonchev–Trinajstić information content (AvgIpc) is 2.72. The number of rotatable bonds is 6. The van der Waals surface area contributed by atoms with Gasteiger partial charge in [0.25, 0.3) is 0 Å². The number of carbonyl (C=O) groups is 1. The summed E-state index contributed by atoms with van der Waals surface area (Å²) < 4.78 is 11.2. The van der Waals surface area contributed by atoms with E-state index in [0.29, 0.717) is 15.6 Å². The van der Waals surface area contributed by atoms with Gasteiger partial charge in [-0.1, -0.05) is 24.3 Å². The fraction of sp³-hybridized carbons (Fsp3) is 0.0500. The monoisotopic (exact) mass is 487 g/mol. The number of H-pyrrole nitrogens is 2. The number of nitro groups is 1. The van der Waals surface area contributed by atoms with Crippen molar-refractivity contribution >= 4 is 39.7 Å². The van der Waals surface area contributed by atoms with Gasteiger partial charge < -0.3 is 14.5 Å². The van der Waals surface area contributed by atoms with Gasteiger partial charge in [0.2, 0.25) is 0 Å². The van der Waals surface area contributed by atoms with Gasteiger partial charge in [0.15, 0.2) is 11.5 Å². The molecule has 2 aromatic carbocycles. The second-order valence-corrected chi connectivity index (χ2v) is 6.89. The maximum atomic E-state index is 12.4. The molecule has 0 radical (unpaired) electrons. The van der Waals surface area contributed by atoms with E-state index in [-0.39, 0.29) is 17.2 Å². The Morgan fingerprint density at radius 3 is 2.52 bits per heavy atom. The Kier molecular flexibility index (Phi) is 6.46. The molecule has 0 fully saturated rings. The van der Waals surface area contributed by atoms with Gasteiger partial charge in [-0.25, -0.2) is 9.59 Å². The third-order valence-electron chi connectivity index (χ3n) is 4.05. The molecule has 0 spiro atoms. The highest BCUT2D eigenvalue weighted by molar-refractivity contribution is 9.10. The second kappa shape index (κ2) is 9.22. The van der Waals surface area contributed by atoms with E-state index in [9.17, 15) is 24.5 Å². The van der Waals surface area contributed by atoms with Crippen LogP contribution < -0.4 is 20.7 Å². The number of hydrogen-bond donors (Lipinski definition) is 2. The van der Waals surface area contributed by atoms with Gasteiger partial charge in [-0.2, -0.15) is 0 Å². The van der Waals surface area contributed by atoms with E-state index in [2.05, 4.69) is 20.9 Å². The van der Waals surface area contributed by atoms with Crippen molar-refractivity contribution in [2.24, 2.45) is 0 Å². The number of carbonyl (C=O) groups excluding carboxylic acids is 1. The van der Waals surface area contributed by atoms with Crippen LogP contribution in [-0.4, -0.2) is 28.0 Å². The lowest BCUT2D eigenvalue weighted by Gasteiger charge is -2.10. The Labute approximate surface area is 182 Å². The first-order valence-corrected chi connectivity index (χ1v) is 9.43. The van der Waals surface area contributed by atoms with Crippen LogP contribution in [0.2, 0.25) is 0 Å². The minimum atomic E-state index is -1.11. The number of ether oxygens (including phenoxy) is 2. The van der Waals surface area contributed by atoms with E-state index in [0.717, 1.165) is 0 Å². The molecule has 0 aliphatic heterocycles. The molecule has 3 rings (SSSR count). The SMILES string of the molecule is COc1cc(C=Cc2[nH]c(=O)[nH]c(=O)c2[N+](=O)[O-])ccc1OC(=O)c1ccccc1Br. The van der Waals surface area contributed by atoms with E-state index in [1.165, 1.54) is 31.4 Å². The van der Waals surface area contributed by atoms with Gasteiger partial charge >= 0.3 is 22.9 Å². The quantitative estimate of drug-likeness (QED) is 0.235. The van der Waals surface area contributed by atoms with Gasteiger partial charge in [-0.3, -0.25) is 19.9 Å². The zero-order valence-electron chi connectivity index (χ0n) is 15.9. The van der Waals surface area contributed by atoms with Gasteiger partial charge in [-0.15, -0.1) is 0 Å². The predicted octanol–water partition coefficient (Wildman–Crippen LogP) is 3.13. The summed E-state index contributed by atoms with van der Waals surface area (Å²) in [4.78, 5) is 49.8. The van der Waals surface area contributed by atoms with Crippen LogP contribution in [0.25, 0.3) is 12.2 Å². The van der Waals surface area contributed by atoms with Crippen molar-refractivity contribution in [2.75, 3.05) is 7.11 Å². The van der Waals surface area contributed by atoms with Crippen molar-refractivity contribution in [3.05, 3.63) is 94.7 Å². The van der Waals surface area contributed by atoms with Crippen molar-refractivity contribution in [1.29, 1.82) is 0 Å². The topological polar surface area (TPSA) is 144 Å². The van der Waals surface area contributed by atoms with Crippen LogP contribution in [0, 0.1) is 10.1 Å². The molecule has 0 atom stereocenters. The van der Waals surface area contributed by atoms with Gasteiger partial charge in [0, 0.05) is 4.47 Å². The van der Waals surface area contributed by atoms with Crippen LogP contribution in [0.15, 0.2) is 56.5 Å². The summed E-state index contributed by atoms with van der Waals surface area (Å²) in [7, 11) is 1.39. The Morgan fingerprint density at radius 1 is 1.10 bits per heavy atom. The highest BCUT2D eigenvalue weighted by atomic mass is 79.9. The lowest BCUT2D eigenvalue weighted by molar-refractivity contribution is -0.386. The molecule has 1 aromatic heterocycles. The Morgan fingerprint density at radius 2 is 1.84 bits per heavy atom. The molecule has 158 valence electrons. The molecule has 0 saturated carbocycles. The smallest absolute Gasteiger partial charge is 0.357 e. The first-order valence-electron chi connectivity index (χ1n) is 8.64. The van der Waals surface area contributed by atoms with Crippen LogP contribution in [0.4, 0.5) is 5.69 Å². The summed E-state index contributed by atoms with van der Waals surface area (Å²) in [5.74, 6) is -0.196. The van der Waals surface area contributed by atoms with E-state index in [1.54, 1.807) is 35.3 Å². The molecule has 0 aliphatic carbocycles. The number of aromatic nitrogens is 2. The second-order valence-electron chi connectivity index (χ2n) is 6.04. The van der Waals surface area contributed by atoms with Gasteiger partial charge in [-0.05, 0) is 51.8 Å². The summed E-state index contributed by atoms with van der Waals surface area (Å²) in [5, 5.41) is 11.1. The number of esters is 1. The fourth-order valence-corrected chi connectivity index (χ4v) is 3.08. The van der Waals surface area contributed by atoms with Crippen LogP contribution in [0.5, 0.6) is 11.5 Å². The standard InChI is InChI=1S/C20H14BrN3O7/c1-30-16-10-11(6-8-14-17(24(28)29)18(25)23-20(27)22-14)7-9-15(16)31-19(26)12-4-2-3-5-13(12)21/h2-10H,1H3,(H2,22,23,25,27). The van der Waals surface area contributed by atoms with Crippen molar-refractivity contribution < 1.29 is 19.2 Å². The molecule has 10 nitrogen and oxygen atoms in total. The Bertz CT molecular complexity index is 1310. The molecule has 0 saturated heterocycles. The molecule has 31 heavy (non-hydrogen) atoms. The number of methoxy groups -OCH3 is 1. The molecule has 0 bridgehead atoms. The summed E-state index contributed by atoms with van der Waals surface area (Å²) in [6.07, 6.45) is 2.65. The van der Waals surface area contributed by atoms with E-state index < -0.39 is 27.8 Å². The fourth-order valence-electron chi connectivity index (χ4n) is 2.63. The third-order valence-corrected chi connectivity index (χ3v) is 4.75. The third kappa shape index (κ3) is 4.95. The van der Waals surface area contributed by atoms with E-state index in [4.69, 9.17) is 9.47 Å². The molecular formula is C20H14BrN3O7. The zero-order chi connectivity index (χ0) is 22.5. The highest BCUT2D eigenvalue weighted by Gasteiger charge is 2.19. The van der Waals surface area contributed by atoms with Gasteiger partial charge in [0.1, 0.15) is 5.69 Å². The number of nitrogens with one attached hydrogen (secondary N) is 2. The van der Waals surface area contributed by atoms with Crippen molar-refractivity contribution in [2.45, 2.75) is 0 Å². The molecule has 2 N–H and O–H groups in total. The molecule has 0 aliphatic rings. The minimum Gasteiger partial charge on any atom is -0.493 e. The maximum Gasteiger partial charge on any atom is 0.357 e. The van der Waals surface area contributed by atoms with Crippen molar-refractivity contribution in [1.82, 2.24) is 9.97 Å². The van der Waals surface area contributed by atoms with Crippen LogP contribution in [-0.2, 0) is 0 Å². The molecule has 1 heterocycles. The molecule has 0 unspecified atom stereocenters. The first kappa shape index (κ1) is 21.7. The van der Waals surface area contributed by atoms with E-state index in [1.807, 2.05) is 0 Å². The number of hydrogen-bond acceptors (Lipinski definition) is 7. The maximum absolute atomic E-state index is 12.4.